The zero-order valence-electron chi connectivity index (χ0n) is 13.7. The van der Waals surface area contributed by atoms with E-state index in [2.05, 4.69) is 59.8 Å². The molecule has 2 aromatic carbocycles. The topological polar surface area (TPSA) is 38.9 Å². The third-order valence-corrected chi connectivity index (χ3v) is 5.61. The molecule has 2 heterocycles. The van der Waals surface area contributed by atoms with Crippen LogP contribution in [0.25, 0.3) is 21.0 Å². The highest BCUT2D eigenvalue weighted by Crippen LogP contribution is 2.39. The highest BCUT2D eigenvalue weighted by atomic mass is 32.1. The van der Waals surface area contributed by atoms with Gasteiger partial charge < -0.3 is 5.73 Å². The number of para-hydroxylation sites is 1. The Hall–Kier alpha value is -2.39. The summed E-state index contributed by atoms with van der Waals surface area (Å²) in [5, 5.41) is 4.79. The number of hydrogen-bond donors (Lipinski definition) is 1. The van der Waals surface area contributed by atoms with Gasteiger partial charge in [-0.15, -0.1) is 11.3 Å². The van der Waals surface area contributed by atoms with Crippen LogP contribution in [0.4, 0.5) is 5.82 Å². The number of rotatable bonds is 4. The Morgan fingerprint density at radius 1 is 1.04 bits per heavy atom. The summed E-state index contributed by atoms with van der Waals surface area (Å²) in [6, 6.07) is 19.0. The van der Waals surface area contributed by atoms with Gasteiger partial charge in [-0.2, -0.15) is 0 Å². The van der Waals surface area contributed by atoms with Crippen LogP contribution in [0.3, 0.4) is 0 Å². The van der Waals surface area contributed by atoms with Gasteiger partial charge in [-0.1, -0.05) is 49.7 Å². The van der Waals surface area contributed by atoms with E-state index in [9.17, 15) is 0 Å². The van der Waals surface area contributed by atoms with Crippen molar-refractivity contribution in [2.75, 3.05) is 5.73 Å². The van der Waals surface area contributed by atoms with Gasteiger partial charge in [0.1, 0.15) is 5.82 Å². The molecule has 0 aliphatic rings. The molecular weight excluding hydrogens is 312 g/mol. The minimum atomic E-state index is 0.295. The molecule has 0 spiro atoms. The van der Waals surface area contributed by atoms with Gasteiger partial charge in [0, 0.05) is 21.6 Å². The molecule has 2 nitrogen and oxygen atoms in total. The molecule has 2 N–H and O–H groups in total. The van der Waals surface area contributed by atoms with Gasteiger partial charge in [-0.25, -0.2) is 4.98 Å². The Morgan fingerprint density at radius 2 is 1.83 bits per heavy atom. The molecule has 0 saturated carbocycles. The second kappa shape index (κ2) is 6.25. The quantitative estimate of drug-likeness (QED) is 0.500. The molecule has 4 rings (SSSR count). The van der Waals surface area contributed by atoms with Crippen molar-refractivity contribution in [3.63, 3.8) is 0 Å². The summed E-state index contributed by atoms with van der Waals surface area (Å²) in [6.45, 7) is 2.23. The van der Waals surface area contributed by atoms with Gasteiger partial charge in [0.25, 0.3) is 0 Å². The monoisotopic (exact) mass is 332 g/mol. The molecule has 1 atom stereocenters. The third kappa shape index (κ3) is 2.55. The maximum Gasteiger partial charge on any atom is 0.127 e. The summed E-state index contributed by atoms with van der Waals surface area (Å²) in [6.07, 6.45) is 2.19. The van der Waals surface area contributed by atoms with E-state index in [1.807, 2.05) is 23.5 Å². The number of nitrogens with zero attached hydrogens (tertiary/aromatic N) is 1. The Labute approximate surface area is 146 Å². The van der Waals surface area contributed by atoms with E-state index in [0.29, 0.717) is 11.7 Å². The number of thiophene rings is 1. The number of fused-ring (bicyclic) bond motifs is 2. The molecule has 0 amide bonds. The van der Waals surface area contributed by atoms with Crippen LogP contribution in [0.5, 0.6) is 0 Å². The Bertz CT molecular complexity index is 1000. The van der Waals surface area contributed by atoms with Gasteiger partial charge in [-0.05, 0) is 40.9 Å². The Balaban J connectivity index is 1.91. The lowest BCUT2D eigenvalue weighted by molar-refractivity contribution is 0.704. The zero-order valence-corrected chi connectivity index (χ0v) is 14.5. The second-order valence-electron chi connectivity index (χ2n) is 6.18. The highest BCUT2D eigenvalue weighted by molar-refractivity contribution is 7.17. The van der Waals surface area contributed by atoms with Gasteiger partial charge in [-0.3, -0.25) is 0 Å². The van der Waals surface area contributed by atoms with Crippen LogP contribution < -0.4 is 5.73 Å². The number of pyridine rings is 1. The standard InChI is InChI=1S/C21H20N2S/c1-2-7-15(18-13-24-20-11-6-4-9-16(18)20)17-12-14-8-3-5-10-19(14)23-21(17)22/h3-6,8-13,15H,2,7H2,1H3,(H2,22,23). The number of hydrogen-bond acceptors (Lipinski definition) is 3. The first kappa shape index (κ1) is 15.2. The van der Waals surface area contributed by atoms with Crippen LogP contribution >= 0.6 is 11.3 Å². The Morgan fingerprint density at radius 3 is 2.71 bits per heavy atom. The third-order valence-electron chi connectivity index (χ3n) is 4.62. The van der Waals surface area contributed by atoms with Gasteiger partial charge >= 0.3 is 0 Å². The zero-order chi connectivity index (χ0) is 16.5. The molecule has 0 fully saturated rings. The number of benzene rings is 2. The van der Waals surface area contributed by atoms with Crippen molar-refractivity contribution >= 4 is 38.1 Å². The molecule has 1 unspecified atom stereocenters. The van der Waals surface area contributed by atoms with Crippen molar-refractivity contribution in [1.29, 1.82) is 0 Å². The largest absolute Gasteiger partial charge is 0.383 e. The molecule has 0 bridgehead atoms. The van der Waals surface area contributed by atoms with Crippen molar-refractivity contribution in [3.8, 4) is 0 Å². The molecule has 120 valence electrons. The molecular formula is C21H20N2S. The van der Waals surface area contributed by atoms with Gasteiger partial charge in [0.15, 0.2) is 0 Å². The summed E-state index contributed by atoms with van der Waals surface area (Å²) in [5.74, 6) is 0.950. The first-order valence-electron chi connectivity index (χ1n) is 8.39. The predicted molar refractivity (Wildman–Crippen MR) is 105 cm³/mol. The summed E-state index contributed by atoms with van der Waals surface area (Å²) in [5.41, 5.74) is 9.85. The summed E-state index contributed by atoms with van der Waals surface area (Å²) in [7, 11) is 0. The van der Waals surface area contributed by atoms with Crippen LogP contribution in [0.1, 0.15) is 36.8 Å². The molecule has 0 aliphatic carbocycles. The molecule has 2 aromatic heterocycles. The molecule has 24 heavy (non-hydrogen) atoms. The molecule has 3 heteroatoms. The minimum Gasteiger partial charge on any atom is -0.383 e. The lowest BCUT2D eigenvalue weighted by Gasteiger charge is -2.19. The van der Waals surface area contributed by atoms with Crippen LogP contribution in [0.15, 0.2) is 60.0 Å². The molecule has 0 aliphatic heterocycles. The van der Waals surface area contributed by atoms with Crippen molar-refractivity contribution in [1.82, 2.24) is 4.98 Å². The van der Waals surface area contributed by atoms with Crippen molar-refractivity contribution in [2.24, 2.45) is 0 Å². The van der Waals surface area contributed by atoms with Crippen molar-refractivity contribution in [3.05, 3.63) is 71.1 Å². The number of aromatic nitrogens is 1. The van der Waals surface area contributed by atoms with E-state index in [0.717, 1.165) is 29.3 Å². The smallest absolute Gasteiger partial charge is 0.127 e. The predicted octanol–water partition coefficient (Wildman–Crippen LogP) is 5.96. The first-order valence-corrected chi connectivity index (χ1v) is 9.27. The SMILES string of the molecule is CCCC(c1cc2ccccc2nc1N)c1csc2ccccc12. The Kier molecular flexibility index (Phi) is 3.95. The maximum atomic E-state index is 6.36. The fourth-order valence-corrected chi connectivity index (χ4v) is 4.48. The van der Waals surface area contributed by atoms with E-state index in [-0.39, 0.29) is 0 Å². The van der Waals surface area contributed by atoms with E-state index in [4.69, 9.17) is 5.73 Å². The summed E-state index contributed by atoms with van der Waals surface area (Å²) >= 11 is 1.81. The van der Waals surface area contributed by atoms with Crippen molar-refractivity contribution < 1.29 is 0 Å². The van der Waals surface area contributed by atoms with Crippen LogP contribution in [-0.4, -0.2) is 4.98 Å². The van der Waals surface area contributed by atoms with E-state index >= 15 is 0 Å². The van der Waals surface area contributed by atoms with E-state index < -0.39 is 0 Å². The average Bonchev–Trinajstić information content (AvgIpc) is 3.03. The fourth-order valence-electron chi connectivity index (χ4n) is 3.46. The number of nitrogen functional groups attached to an aromatic ring is 1. The van der Waals surface area contributed by atoms with Gasteiger partial charge in [0.2, 0.25) is 0 Å². The van der Waals surface area contributed by atoms with Gasteiger partial charge in [0.05, 0.1) is 5.52 Å². The lowest BCUT2D eigenvalue weighted by atomic mass is 9.87. The molecule has 0 saturated heterocycles. The highest BCUT2D eigenvalue weighted by Gasteiger charge is 2.20. The number of nitrogens with two attached hydrogens (primary N) is 1. The van der Waals surface area contributed by atoms with E-state index in [1.165, 1.54) is 15.6 Å². The van der Waals surface area contributed by atoms with Crippen LogP contribution in [-0.2, 0) is 0 Å². The van der Waals surface area contributed by atoms with Crippen LogP contribution in [0.2, 0.25) is 0 Å². The average molecular weight is 332 g/mol. The summed E-state index contributed by atoms with van der Waals surface area (Å²) in [4.78, 5) is 4.65. The fraction of sp³-hybridized carbons (Fsp3) is 0.190. The first-order chi connectivity index (χ1) is 11.8. The normalized spacial score (nSPS) is 12.7. The van der Waals surface area contributed by atoms with Crippen LogP contribution in [0, 0.1) is 0 Å². The minimum absolute atomic E-state index is 0.295. The molecule has 4 aromatic rings. The second-order valence-corrected chi connectivity index (χ2v) is 7.10. The molecule has 0 radical (unpaired) electrons. The maximum absolute atomic E-state index is 6.36. The lowest BCUT2D eigenvalue weighted by Crippen LogP contribution is -2.06. The van der Waals surface area contributed by atoms with Crippen molar-refractivity contribution in [2.45, 2.75) is 25.7 Å². The summed E-state index contributed by atoms with van der Waals surface area (Å²) < 4.78 is 1.33. The van der Waals surface area contributed by atoms with E-state index in [1.54, 1.807) is 0 Å². The number of anilines is 1.